The fraction of sp³-hybridized carbons (Fsp3) is 0.857. The number of nitrogens with zero attached hydrogens (tertiary/aromatic N) is 1. The summed E-state index contributed by atoms with van der Waals surface area (Å²) in [5, 5.41) is 2.76. The number of carbonyl (C=O) groups is 2. The summed E-state index contributed by atoms with van der Waals surface area (Å²) in [4.78, 5) is 23.8. The van der Waals surface area contributed by atoms with Gasteiger partial charge in [-0.25, -0.2) is 4.79 Å². The van der Waals surface area contributed by atoms with E-state index in [0.29, 0.717) is 12.5 Å². The third kappa shape index (κ3) is 7.62. The van der Waals surface area contributed by atoms with Gasteiger partial charge in [-0.3, -0.25) is 4.79 Å². The summed E-state index contributed by atoms with van der Waals surface area (Å²) in [7, 11) is 0. The smallest absolute Gasteiger partial charge is 0.407 e. The van der Waals surface area contributed by atoms with Gasteiger partial charge < -0.3 is 15.0 Å². The Kier molecular flexibility index (Phi) is 7.19. The van der Waals surface area contributed by atoms with Crippen molar-refractivity contribution in [3.8, 4) is 0 Å². The van der Waals surface area contributed by atoms with Crippen molar-refractivity contribution in [2.45, 2.75) is 39.2 Å². The Labute approximate surface area is 125 Å². The van der Waals surface area contributed by atoms with E-state index in [1.54, 1.807) is 0 Å². The average molecular weight is 302 g/mol. The number of piperidine rings is 1. The van der Waals surface area contributed by atoms with Crippen molar-refractivity contribution in [2.24, 2.45) is 5.92 Å². The van der Waals surface area contributed by atoms with Crippen LogP contribution in [-0.2, 0) is 9.53 Å². The molecule has 0 unspecified atom stereocenters. The molecule has 116 valence electrons. The zero-order chi connectivity index (χ0) is 15.0. The predicted molar refractivity (Wildman–Crippen MR) is 81.9 cm³/mol. The number of carbonyl (C=O) groups excluding carboxylic acids is 2. The Balaban J connectivity index is 2.00. The van der Waals surface area contributed by atoms with Crippen molar-refractivity contribution in [3.05, 3.63) is 0 Å². The van der Waals surface area contributed by atoms with Crippen LogP contribution in [0.25, 0.3) is 0 Å². The van der Waals surface area contributed by atoms with E-state index in [9.17, 15) is 9.59 Å². The molecule has 0 aliphatic carbocycles. The molecule has 0 saturated carbocycles. The van der Waals surface area contributed by atoms with E-state index in [0.717, 1.165) is 43.8 Å². The average Bonchev–Trinajstić information content (AvgIpc) is 2.37. The highest BCUT2D eigenvalue weighted by Crippen LogP contribution is 2.20. The third-order valence-electron chi connectivity index (χ3n) is 3.07. The summed E-state index contributed by atoms with van der Waals surface area (Å²) in [6, 6.07) is 0. The minimum Gasteiger partial charge on any atom is -0.444 e. The standard InChI is InChI=1S/C14H26N2O3S/c1-14(2,3)19-13(18)15-6-9-20-10-12-4-7-16(11-17)8-5-12/h11-12H,4-10H2,1-3H3,(H,15,18). The fourth-order valence-corrected chi connectivity index (χ4v) is 3.09. The molecule has 20 heavy (non-hydrogen) atoms. The minimum absolute atomic E-state index is 0.350. The van der Waals surface area contributed by atoms with Crippen LogP contribution in [0.3, 0.4) is 0 Å². The quantitative estimate of drug-likeness (QED) is 0.603. The Morgan fingerprint density at radius 2 is 2.05 bits per heavy atom. The van der Waals surface area contributed by atoms with Crippen molar-refractivity contribution in [1.29, 1.82) is 0 Å². The summed E-state index contributed by atoms with van der Waals surface area (Å²) in [6.07, 6.45) is 2.77. The molecule has 1 rings (SSSR count). The normalized spacial score (nSPS) is 16.9. The second-order valence-corrected chi connectivity index (χ2v) is 7.24. The monoisotopic (exact) mass is 302 g/mol. The maximum atomic E-state index is 11.4. The lowest BCUT2D eigenvalue weighted by Gasteiger charge is -2.28. The van der Waals surface area contributed by atoms with Crippen molar-refractivity contribution in [2.75, 3.05) is 31.1 Å². The summed E-state index contributed by atoms with van der Waals surface area (Å²) >= 11 is 1.85. The Hall–Kier alpha value is -0.910. The maximum absolute atomic E-state index is 11.4. The molecule has 1 N–H and O–H groups in total. The van der Waals surface area contributed by atoms with E-state index < -0.39 is 5.60 Å². The lowest BCUT2D eigenvalue weighted by atomic mass is 10.00. The minimum atomic E-state index is -0.441. The van der Waals surface area contributed by atoms with Gasteiger partial charge >= 0.3 is 6.09 Å². The molecule has 1 aliphatic rings. The van der Waals surface area contributed by atoms with E-state index in [1.165, 1.54) is 0 Å². The first-order valence-corrected chi connectivity index (χ1v) is 8.30. The van der Waals surface area contributed by atoms with Crippen molar-refractivity contribution in [3.63, 3.8) is 0 Å². The highest BCUT2D eigenvalue weighted by Gasteiger charge is 2.18. The van der Waals surface area contributed by atoms with Gasteiger partial charge in [0.2, 0.25) is 6.41 Å². The molecule has 0 spiro atoms. The van der Waals surface area contributed by atoms with E-state index in [1.807, 2.05) is 37.4 Å². The molecule has 0 bridgehead atoms. The molecule has 0 aromatic carbocycles. The van der Waals surface area contributed by atoms with Crippen LogP contribution in [0.15, 0.2) is 0 Å². The highest BCUT2D eigenvalue weighted by atomic mass is 32.2. The van der Waals surface area contributed by atoms with Crippen molar-refractivity contribution < 1.29 is 14.3 Å². The second kappa shape index (κ2) is 8.39. The lowest BCUT2D eigenvalue weighted by Crippen LogP contribution is -2.34. The summed E-state index contributed by atoms with van der Waals surface area (Å²) in [5.41, 5.74) is -0.441. The molecule has 0 aromatic heterocycles. The molecule has 1 saturated heterocycles. The first kappa shape index (κ1) is 17.1. The molecule has 0 aromatic rings. The highest BCUT2D eigenvalue weighted by molar-refractivity contribution is 7.99. The van der Waals surface area contributed by atoms with Crippen LogP contribution in [0.2, 0.25) is 0 Å². The van der Waals surface area contributed by atoms with Gasteiger partial charge in [0, 0.05) is 25.4 Å². The van der Waals surface area contributed by atoms with Crippen LogP contribution < -0.4 is 5.32 Å². The van der Waals surface area contributed by atoms with Crippen molar-refractivity contribution >= 4 is 24.3 Å². The molecule has 1 heterocycles. The van der Waals surface area contributed by atoms with Gasteiger partial charge in [0.15, 0.2) is 0 Å². The molecule has 1 fully saturated rings. The van der Waals surface area contributed by atoms with Gasteiger partial charge in [-0.15, -0.1) is 0 Å². The largest absolute Gasteiger partial charge is 0.444 e. The number of amides is 2. The number of hydrogen-bond acceptors (Lipinski definition) is 4. The number of rotatable bonds is 6. The van der Waals surface area contributed by atoms with E-state index in [4.69, 9.17) is 4.74 Å². The van der Waals surface area contributed by atoms with Crippen LogP contribution in [0.4, 0.5) is 4.79 Å². The first-order valence-electron chi connectivity index (χ1n) is 7.14. The SMILES string of the molecule is CC(C)(C)OC(=O)NCCSCC1CCN(C=O)CC1. The van der Waals surface area contributed by atoms with Gasteiger partial charge in [-0.1, -0.05) is 0 Å². The number of ether oxygens (including phenoxy) is 1. The first-order chi connectivity index (χ1) is 9.40. The summed E-state index contributed by atoms with van der Waals surface area (Å²) < 4.78 is 5.16. The molecule has 2 amide bonds. The van der Waals surface area contributed by atoms with Gasteiger partial charge in [-0.05, 0) is 45.3 Å². The number of thioether (sulfide) groups is 1. The topological polar surface area (TPSA) is 58.6 Å². The van der Waals surface area contributed by atoms with Gasteiger partial charge in [-0.2, -0.15) is 11.8 Å². The maximum Gasteiger partial charge on any atom is 0.407 e. The molecule has 0 atom stereocenters. The Morgan fingerprint density at radius 3 is 2.60 bits per heavy atom. The Bertz CT molecular complexity index is 310. The van der Waals surface area contributed by atoms with Gasteiger partial charge in [0.05, 0.1) is 0 Å². The number of hydrogen-bond donors (Lipinski definition) is 1. The molecule has 6 heteroatoms. The molecular weight excluding hydrogens is 276 g/mol. The van der Waals surface area contributed by atoms with Crippen molar-refractivity contribution in [1.82, 2.24) is 10.2 Å². The van der Waals surface area contributed by atoms with Crippen LogP contribution in [0.5, 0.6) is 0 Å². The second-order valence-electron chi connectivity index (χ2n) is 6.09. The van der Waals surface area contributed by atoms with E-state index in [-0.39, 0.29) is 6.09 Å². The number of alkyl carbamates (subject to hydrolysis) is 1. The summed E-state index contributed by atoms with van der Waals surface area (Å²) in [5.74, 6) is 2.69. The van der Waals surface area contributed by atoms with Gasteiger partial charge in [0.1, 0.15) is 5.60 Å². The number of likely N-dealkylation sites (tertiary alicyclic amines) is 1. The third-order valence-corrected chi connectivity index (χ3v) is 4.27. The molecule has 0 radical (unpaired) electrons. The molecular formula is C14H26N2O3S. The van der Waals surface area contributed by atoms with Gasteiger partial charge in [0.25, 0.3) is 0 Å². The molecule has 5 nitrogen and oxygen atoms in total. The summed E-state index contributed by atoms with van der Waals surface area (Å²) in [6.45, 7) is 7.95. The zero-order valence-corrected chi connectivity index (χ0v) is 13.5. The van der Waals surface area contributed by atoms with E-state index >= 15 is 0 Å². The van der Waals surface area contributed by atoms with Crippen LogP contribution in [0.1, 0.15) is 33.6 Å². The van der Waals surface area contributed by atoms with Crippen LogP contribution in [-0.4, -0.2) is 54.1 Å². The predicted octanol–water partition coefficient (Wildman–Crippen LogP) is 2.11. The lowest BCUT2D eigenvalue weighted by molar-refractivity contribution is -0.119. The van der Waals surface area contributed by atoms with Crippen LogP contribution in [0, 0.1) is 5.92 Å². The molecule has 1 aliphatic heterocycles. The fourth-order valence-electron chi connectivity index (χ4n) is 2.01. The van der Waals surface area contributed by atoms with E-state index in [2.05, 4.69) is 5.32 Å². The Morgan fingerprint density at radius 1 is 1.40 bits per heavy atom. The number of nitrogens with one attached hydrogen (secondary N) is 1. The van der Waals surface area contributed by atoms with Crippen LogP contribution >= 0.6 is 11.8 Å². The zero-order valence-electron chi connectivity index (χ0n) is 12.7.